The summed E-state index contributed by atoms with van der Waals surface area (Å²) in [6.45, 7) is 2.36. The van der Waals surface area contributed by atoms with Crippen LogP contribution in [0.2, 0.25) is 0 Å². The highest BCUT2D eigenvalue weighted by Crippen LogP contribution is 2.38. The molecular formula is C8H11NO2. The van der Waals surface area contributed by atoms with Crippen molar-refractivity contribution in [3.63, 3.8) is 0 Å². The van der Waals surface area contributed by atoms with E-state index >= 15 is 0 Å². The van der Waals surface area contributed by atoms with Crippen molar-refractivity contribution in [3.05, 3.63) is 0 Å². The Morgan fingerprint density at radius 1 is 1.73 bits per heavy atom. The Bertz CT molecular complexity index is 230. The van der Waals surface area contributed by atoms with E-state index in [-0.39, 0.29) is 23.0 Å². The fourth-order valence-corrected chi connectivity index (χ4v) is 1.76. The molecule has 2 fully saturated rings. The van der Waals surface area contributed by atoms with Gasteiger partial charge >= 0.3 is 0 Å². The minimum absolute atomic E-state index is 0.00231. The summed E-state index contributed by atoms with van der Waals surface area (Å²) in [5, 5.41) is 3.04. The van der Waals surface area contributed by atoms with Gasteiger partial charge in [-0.25, -0.2) is 0 Å². The molecule has 1 saturated heterocycles. The second kappa shape index (κ2) is 1.91. The summed E-state index contributed by atoms with van der Waals surface area (Å²) < 4.78 is 0. The maximum atomic E-state index is 11.3. The van der Waals surface area contributed by atoms with E-state index in [1.54, 1.807) is 6.92 Å². The van der Waals surface area contributed by atoms with E-state index in [4.69, 9.17) is 0 Å². The fraction of sp³-hybridized carbons (Fsp3) is 0.750. The second-order valence-corrected chi connectivity index (χ2v) is 3.57. The Morgan fingerprint density at radius 2 is 2.36 bits per heavy atom. The van der Waals surface area contributed by atoms with Crippen molar-refractivity contribution >= 4 is 11.6 Å². The van der Waals surface area contributed by atoms with Gasteiger partial charge in [-0.15, -0.1) is 0 Å². The van der Waals surface area contributed by atoms with E-state index in [0.717, 1.165) is 13.0 Å². The van der Waals surface area contributed by atoms with E-state index in [2.05, 4.69) is 5.32 Å². The summed E-state index contributed by atoms with van der Waals surface area (Å²) >= 11 is 0. The molecule has 0 aromatic carbocycles. The van der Waals surface area contributed by atoms with Crippen molar-refractivity contribution in [2.45, 2.75) is 25.3 Å². The molecule has 60 valence electrons. The number of hydrogen-bond donors (Lipinski definition) is 1. The fourth-order valence-electron chi connectivity index (χ4n) is 1.76. The molecular weight excluding hydrogens is 142 g/mol. The van der Waals surface area contributed by atoms with Crippen molar-refractivity contribution in [1.82, 2.24) is 5.32 Å². The molecule has 2 aliphatic rings. The maximum Gasteiger partial charge on any atom is 0.154 e. The number of hydrogen-bond acceptors (Lipinski definition) is 3. The van der Waals surface area contributed by atoms with E-state index < -0.39 is 0 Å². The third-order valence-corrected chi connectivity index (χ3v) is 2.74. The van der Waals surface area contributed by atoms with Gasteiger partial charge in [0.05, 0.1) is 5.54 Å². The smallest absolute Gasteiger partial charge is 0.154 e. The standard InChI is InChI=1S/C8H11NO2/c1-5(10)6-2-7(11)8(3-6)4-9-8/h6,9H,2-4H2,1H3. The number of carbonyl (C=O) groups excluding carboxylic acids is 2. The number of Topliss-reactive ketones (excluding diaryl/α,β-unsaturated/α-hetero) is 2. The minimum atomic E-state index is -0.254. The van der Waals surface area contributed by atoms with Crippen molar-refractivity contribution in [2.75, 3.05) is 6.54 Å². The van der Waals surface area contributed by atoms with Crippen LogP contribution in [-0.4, -0.2) is 23.7 Å². The molecule has 3 nitrogen and oxygen atoms in total. The average Bonchev–Trinajstić information content (AvgIpc) is 2.59. The van der Waals surface area contributed by atoms with Crippen LogP contribution in [0.15, 0.2) is 0 Å². The van der Waals surface area contributed by atoms with Gasteiger partial charge in [-0.2, -0.15) is 0 Å². The molecule has 1 aliphatic carbocycles. The Kier molecular flexibility index (Phi) is 1.21. The van der Waals surface area contributed by atoms with Gasteiger partial charge in [0.25, 0.3) is 0 Å². The Hall–Kier alpha value is -0.700. The topological polar surface area (TPSA) is 56.1 Å². The van der Waals surface area contributed by atoms with E-state index in [1.165, 1.54) is 0 Å². The summed E-state index contributed by atoms with van der Waals surface area (Å²) in [4.78, 5) is 22.2. The first-order valence-electron chi connectivity index (χ1n) is 3.93. The van der Waals surface area contributed by atoms with Gasteiger partial charge < -0.3 is 5.32 Å². The Balaban J connectivity index is 2.13. The predicted molar refractivity (Wildman–Crippen MR) is 39.1 cm³/mol. The number of carbonyl (C=O) groups is 2. The predicted octanol–water partition coefficient (Wildman–Crippen LogP) is -0.103. The van der Waals surface area contributed by atoms with Crippen LogP contribution in [-0.2, 0) is 9.59 Å². The molecule has 0 radical (unpaired) electrons. The van der Waals surface area contributed by atoms with Gasteiger partial charge in [0.15, 0.2) is 5.78 Å². The summed E-state index contributed by atoms with van der Waals surface area (Å²) in [7, 11) is 0. The molecule has 3 heteroatoms. The van der Waals surface area contributed by atoms with Gasteiger partial charge in [-0.05, 0) is 13.3 Å². The second-order valence-electron chi connectivity index (χ2n) is 3.57. The van der Waals surface area contributed by atoms with Crippen molar-refractivity contribution in [2.24, 2.45) is 5.92 Å². The van der Waals surface area contributed by atoms with Crippen LogP contribution in [0.3, 0.4) is 0 Å². The summed E-state index contributed by atoms with van der Waals surface area (Å²) in [5.41, 5.74) is -0.254. The van der Waals surface area contributed by atoms with Crippen LogP contribution < -0.4 is 5.32 Å². The summed E-state index contributed by atoms with van der Waals surface area (Å²) in [6.07, 6.45) is 1.20. The average molecular weight is 153 g/mol. The van der Waals surface area contributed by atoms with Gasteiger partial charge in [-0.1, -0.05) is 0 Å². The Labute approximate surface area is 65.2 Å². The molecule has 0 bridgehead atoms. The molecule has 0 amide bonds. The van der Waals surface area contributed by atoms with Crippen LogP contribution in [0, 0.1) is 5.92 Å². The summed E-state index contributed by atoms with van der Waals surface area (Å²) in [6, 6.07) is 0. The first kappa shape index (κ1) is 6.98. The van der Waals surface area contributed by atoms with Crippen LogP contribution in [0.25, 0.3) is 0 Å². The molecule has 2 unspecified atom stereocenters. The van der Waals surface area contributed by atoms with Crippen molar-refractivity contribution < 1.29 is 9.59 Å². The lowest BCUT2D eigenvalue weighted by Crippen LogP contribution is -2.20. The van der Waals surface area contributed by atoms with Gasteiger partial charge in [-0.3, -0.25) is 9.59 Å². The lowest BCUT2D eigenvalue weighted by molar-refractivity contribution is -0.123. The molecule has 1 spiro atoms. The zero-order valence-electron chi connectivity index (χ0n) is 6.52. The third kappa shape index (κ3) is 0.913. The first-order chi connectivity index (χ1) is 5.14. The molecule has 2 rings (SSSR count). The Morgan fingerprint density at radius 3 is 2.64 bits per heavy atom. The zero-order chi connectivity index (χ0) is 8.06. The van der Waals surface area contributed by atoms with E-state index in [9.17, 15) is 9.59 Å². The van der Waals surface area contributed by atoms with Gasteiger partial charge in [0.1, 0.15) is 5.78 Å². The molecule has 1 N–H and O–H groups in total. The first-order valence-corrected chi connectivity index (χ1v) is 3.93. The van der Waals surface area contributed by atoms with Gasteiger partial charge in [0, 0.05) is 18.9 Å². The third-order valence-electron chi connectivity index (χ3n) is 2.74. The van der Waals surface area contributed by atoms with Crippen LogP contribution in [0.5, 0.6) is 0 Å². The highest BCUT2D eigenvalue weighted by Gasteiger charge is 2.55. The normalized spacial score (nSPS) is 41.5. The number of rotatable bonds is 1. The maximum absolute atomic E-state index is 11.3. The van der Waals surface area contributed by atoms with E-state index in [1.807, 2.05) is 0 Å². The minimum Gasteiger partial charge on any atom is -0.302 e. The highest BCUT2D eigenvalue weighted by molar-refractivity contribution is 5.98. The lowest BCUT2D eigenvalue weighted by atomic mass is 10.0. The van der Waals surface area contributed by atoms with Crippen LogP contribution >= 0.6 is 0 Å². The molecule has 0 aromatic heterocycles. The molecule has 2 atom stereocenters. The van der Waals surface area contributed by atoms with Gasteiger partial charge in [0.2, 0.25) is 0 Å². The van der Waals surface area contributed by atoms with Crippen molar-refractivity contribution in [3.8, 4) is 0 Å². The summed E-state index contributed by atoms with van der Waals surface area (Å²) in [5.74, 6) is 0.388. The highest BCUT2D eigenvalue weighted by atomic mass is 16.1. The number of ketones is 2. The molecule has 11 heavy (non-hydrogen) atoms. The molecule has 0 aromatic rings. The SMILES string of the molecule is CC(=O)C1CC(=O)C2(CN2)C1. The molecule has 1 heterocycles. The zero-order valence-corrected chi connectivity index (χ0v) is 6.52. The largest absolute Gasteiger partial charge is 0.302 e. The monoisotopic (exact) mass is 153 g/mol. The number of nitrogens with one attached hydrogen (secondary N) is 1. The molecule has 1 saturated carbocycles. The quantitative estimate of drug-likeness (QED) is 0.535. The molecule has 1 aliphatic heterocycles. The van der Waals surface area contributed by atoms with E-state index in [0.29, 0.717) is 6.42 Å². The van der Waals surface area contributed by atoms with Crippen molar-refractivity contribution in [1.29, 1.82) is 0 Å². The van der Waals surface area contributed by atoms with Crippen LogP contribution in [0.4, 0.5) is 0 Å². The van der Waals surface area contributed by atoms with Crippen LogP contribution in [0.1, 0.15) is 19.8 Å². The lowest BCUT2D eigenvalue weighted by Gasteiger charge is -2.01.